The van der Waals surface area contributed by atoms with Crippen molar-refractivity contribution in [1.29, 1.82) is 0 Å². The number of ether oxygens (including phenoxy) is 1. The van der Waals surface area contributed by atoms with Crippen LogP contribution in [0.1, 0.15) is 29.2 Å². The molecule has 0 saturated carbocycles. The highest BCUT2D eigenvalue weighted by atomic mass is 16.5. The monoisotopic (exact) mass is 257 g/mol. The highest BCUT2D eigenvalue weighted by molar-refractivity contribution is 5.36. The van der Waals surface area contributed by atoms with Gasteiger partial charge in [-0.2, -0.15) is 0 Å². The number of benzene rings is 1. The van der Waals surface area contributed by atoms with Gasteiger partial charge < -0.3 is 15.5 Å². The second-order valence-electron chi connectivity index (χ2n) is 5.10. The first-order valence-corrected chi connectivity index (χ1v) is 6.70. The van der Waals surface area contributed by atoms with E-state index in [1.807, 2.05) is 18.2 Å². The van der Waals surface area contributed by atoms with Crippen molar-refractivity contribution in [1.82, 2.24) is 9.97 Å². The summed E-state index contributed by atoms with van der Waals surface area (Å²) in [7, 11) is 1.70. The quantitative estimate of drug-likeness (QED) is 0.881. The van der Waals surface area contributed by atoms with Gasteiger partial charge in [-0.3, -0.25) is 0 Å². The predicted molar refractivity (Wildman–Crippen MR) is 74.4 cm³/mol. The number of rotatable bonds is 3. The van der Waals surface area contributed by atoms with Gasteiger partial charge in [-0.15, -0.1) is 0 Å². The maximum atomic E-state index is 5.99. The van der Waals surface area contributed by atoms with Gasteiger partial charge in [0.25, 0.3) is 0 Å². The first-order chi connectivity index (χ1) is 9.26. The normalized spacial score (nSPS) is 18.1. The van der Waals surface area contributed by atoms with Crippen molar-refractivity contribution in [2.24, 2.45) is 5.73 Å². The summed E-state index contributed by atoms with van der Waals surface area (Å²) in [6.07, 6.45) is 3.70. The van der Waals surface area contributed by atoms with E-state index in [0.717, 1.165) is 42.8 Å². The van der Waals surface area contributed by atoms with Gasteiger partial charge in [0.1, 0.15) is 11.6 Å². The van der Waals surface area contributed by atoms with Crippen LogP contribution in [-0.2, 0) is 19.3 Å². The lowest BCUT2D eigenvalue weighted by Crippen LogP contribution is -2.27. The first-order valence-electron chi connectivity index (χ1n) is 6.70. The topological polar surface area (TPSA) is 63.9 Å². The van der Waals surface area contributed by atoms with Crippen molar-refractivity contribution in [3.63, 3.8) is 0 Å². The van der Waals surface area contributed by atoms with Gasteiger partial charge in [-0.1, -0.05) is 18.2 Å². The molecule has 1 aliphatic carbocycles. The maximum Gasteiger partial charge on any atom is 0.122 e. The number of H-pyrrole nitrogens is 1. The average molecular weight is 257 g/mol. The molecule has 19 heavy (non-hydrogen) atoms. The van der Waals surface area contributed by atoms with Gasteiger partial charge in [0.15, 0.2) is 0 Å². The van der Waals surface area contributed by atoms with Crippen molar-refractivity contribution < 1.29 is 4.74 Å². The number of imidazole rings is 1. The molecule has 3 rings (SSSR count). The third-order valence-electron chi connectivity index (χ3n) is 3.68. The van der Waals surface area contributed by atoms with E-state index in [-0.39, 0.29) is 6.04 Å². The van der Waals surface area contributed by atoms with Gasteiger partial charge in [-0.25, -0.2) is 4.98 Å². The van der Waals surface area contributed by atoms with Crippen LogP contribution in [0.2, 0.25) is 0 Å². The molecule has 1 atom stereocenters. The molecule has 0 amide bonds. The van der Waals surface area contributed by atoms with E-state index in [2.05, 4.69) is 16.0 Å². The van der Waals surface area contributed by atoms with Crippen molar-refractivity contribution >= 4 is 0 Å². The van der Waals surface area contributed by atoms with Crippen molar-refractivity contribution in [3.05, 3.63) is 47.0 Å². The van der Waals surface area contributed by atoms with Crippen molar-refractivity contribution in [2.75, 3.05) is 7.11 Å². The molecule has 1 aromatic heterocycles. The third-order valence-corrected chi connectivity index (χ3v) is 3.68. The van der Waals surface area contributed by atoms with E-state index in [1.54, 1.807) is 7.11 Å². The van der Waals surface area contributed by atoms with Crippen LogP contribution in [0.3, 0.4) is 0 Å². The molecule has 0 saturated heterocycles. The Labute approximate surface area is 113 Å². The Morgan fingerprint density at radius 2 is 2.26 bits per heavy atom. The average Bonchev–Trinajstić information content (AvgIpc) is 2.80. The van der Waals surface area contributed by atoms with E-state index in [9.17, 15) is 0 Å². The molecule has 1 heterocycles. The molecule has 0 spiro atoms. The molecule has 0 radical (unpaired) electrons. The summed E-state index contributed by atoms with van der Waals surface area (Å²) in [6, 6.07) is 8.33. The predicted octanol–water partition coefficient (Wildman–Crippen LogP) is 1.83. The number of para-hydroxylation sites is 1. The minimum absolute atomic E-state index is 0.270. The summed E-state index contributed by atoms with van der Waals surface area (Å²) >= 11 is 0. The summed E-state index contributed by atoms with van der Waals surface area (Å²) in [6.45, 7) is 0. The van der Waals surface area contributed by atoms with Gasteiger partial charge in [0, 0.05) is 30.1 Å². The highest BCUT2D eigenvalue weighted by Gasteiger charge is 2.19. The second-order valence-corrected chi connectivity index (χ2v) is 5.10. The smallest absolute Gasteiger partial charge is 0.122 e. The van der Waals surface area contributed by atoms with Crippen molar-refractivity contribution in [3.8, 4) is 5.75 Å². The zero-order valence-electron chi connectivity index (χ0n) is 11.1. The first kappa shape index (κ1) is 12.2. The Morgan fingerprint density at radius 1 is 1.42 bits per heavy atom. The molecule has 1 aliphatic rings. The number of nitrogens with zero attached hydrogens (tertiary/aromatic N) is 1. The Hall–Kier alpha value is -1.81. The largest absolute Gasteiger partial charge is 0.496 e. The number of aromatic nitrogens is 2. The van der Waals surface area contributed by atoms with Crippen LogP contribution >= 0.6 is 0 Å². The second kappa shape index (κ2) is 5.05. The van der Waals surface area contributed by atoms with Crippen LogP contribution < -0.4 is 10.5 Å². The lowest BCUT2D eigenvalue weighted by atomic mass is 9.97. The van der Waals surface area contributed by atoms with E-state index < -0.39 is 0 Å². The molecule has 100 valence electrons. The summed E-state index contributed by atoms with van der Waals surface area (Å²) in [5.41, 5.74) is 9.54. The van der Waals surface area contributed by atoms with Gasteiger partial charge >= 0.3 is 0 Å². The van der Waals surface area contributed by atoms with Gasteiger partial charge in [-0.05, 0) is 18.9 Å². The molecule has 1 unspecified atom stereocenters. The molecule has 0 bridgehead atoms. The summed E-state index contributed by atoms with van der Waals surface area (Å²) in [5, 5.41) is 0. The van der Waals surface area contributed by atoms with E-state index >= 15 is 0 Å². The molecule has 0 fully saturated rings. The Bertz CT molecular complexity index is 577. The number of nitrogens with two attached hydrogens (primary N) is 1. The maximum absolute atomic E-state index is 5.99. The zero-order chi connectivity index (χ0) is 13.2. The molecule has 4 nitrogen and oxygen atoms in total. The fraction of sp³-hybridized carbons (Fsp3) is 0.400. The van der Waals surface area contributed by atoms with E-state index in [0.29, 0.717) is 0 Å². The Balaban J connectivity index is 1.84. The number of nitrogens with one attached hydrogen (secondary N) is 1. The van der Waals surface area contributed by atoms with Crippen LogP contribution in [0.15, 0.2) is 24.3 Å². The summed E-state index contributed by atoms with van der Waals surface area (Å²) < 4.78 is 5.37. The van der Waals surface area contributed by atoms with E-state index in [4.69, 9.17) is 10.5 Å². The summed E-state index contributed by atoms with van der Waals surface area (Å²) in [4.78, 5) is 8.11. The standard InChI is InChI=1S/C15H19N3O/c1-19-14-5-3-2-4-10(14)8-15-17-12-7-6-11(16)9-13(12)18-15/h2-5,11H,6-9,16H2,1H3,(H,17,18). The third kappa shape index (κ3) is 2.49. The minimum atomic E-state index is 0.270. The fourth-order valence-electron chi connectivity index (χ4n) is 2.68. The van der Waals surface area contributed by atoms with Gasteiger partial charge in [0.2, 0.25) is 0 Å². The van der Waals surface area contributed by atoms with Gasteiger partial charge in [0.05, 0.1) is 12.8 Å². The van der Waals surface area contributed by atoms with Crippen LogP contribution in [0.25, 0.3) is 0 Å². The zero-order valence-corrected chi connectivity index (χ0v) is 11.1. The molecular weight excluding hydrogens is 238 g/mol. The van der Waals surface area contributed by atoms with Crippen LogP contribution in [0, 0.1) is 0 Å². The van der Waals surface area contributed by atoms with Crippen molar-refractivity contribution in [2.45, 2.75) is 31.7 Å². The van der Waals surface area contributed by atoms with E-state index in [1.165, 1.54) is 11.4 Å². The number of fused-ring (bicyclic) bond motifs is 1. The summed E-state index contributed by atoms with van der Waals surface area (Å²) in [5.74, 6) is 1.91. The lowest BCUT2D eigenvalue weighted by molar-refractivity contribution is 0.410. The minimum Gasteiger partial charge on any atom is -0.496 e. The molecule has 4 heteroatoms. The van der Waals surface area contributed by atoms with Crippen LogP contribution in [0.4, 0.5) is 0 Å². The SMILES string of the molecule is COc1ccccc1Cc1nc2c([nH]1)CC(N)CC2. The number of methoxy groups -OCH3 is 1. The lowest BCUT2D eigenvalue weighted by Gasteiger charge is -2.16. The molecule has 0 aliphatic heterocycles. The molecule has 3 N–H and O–H groups in total. The number of hydrogen-bond acceptors (Lipinski definition) is 3. The Morgan fingerprint density at radius 3 is 3.11 bits per heavy atom. The van der Waals surface area contributed by atoms with Crippen LogP contribution in [0.5, 0.6) is 5.75 Å². The molecule has 2 aromatic rings. The van der Waals surface area contributed by atoms with Crippen LogP contribution in [-0.4, -0.2) is 23.1 Å². The molecule has 1 aromatic carbocycles. The number of aryl methyl sites for hydroxylation is 1. The fourth-order valence-corrected chi connectivity index (χ4v) is 2.68. The molecular formula is C15H19N3O. The Kier molecular flexibility index (Phi) is 3.25. The number of aromatic amines is 1. The number of hydrogen-bond donors (Lipinski definition) is 2. The highest BCUT2D eigenvalue weighted by Crippen LogP contribution is 2.23.